The van der Waals surface area contributed by atoms with Crippen LogP contribution in [-0.2, 0) is 0 Å². The van der Waals surface area contributed by atoms with E-state index < -0.39 is 0 Å². The number of furan rings is 1. The van der Waals surface area contributed by atoms with Crippen molar-refractivity contribution in [1.82, 2.24) is 14.4 Å². The Bertz CT molecular complexity index is 892. The summed E-state index contributed by atoms with van der Waals surface area (Å²) in [6, 6.07) is 14.8. The van der Waals surface area contributed by atoms with Crippen LogP contribution in [0.3, 0.4) is 0 Å². The van der Waals surface area contributed by atoms with Crippen LogP contribution in [-0.4, -0.2) is 52.4 Å². The van der Waals surface area contributed by atoms with Crippen LogP contribution >= 0.6 is 0 Å². The van der Waals surface area contributed by atoms with E-state index in [1.807, 2.05) is 53.4 Å². The zero-order valence-electron chi connectivity index (χ0n) is 14.2. The molecule has 0 unspecified atom stereocenters. The van der Waals surface area contributed by atoms with Gasteiger partial charge in [0.15, 0.2) is 5.76 Å². The molecule has 1 aromatic carbocycles. The van der Waals surface area contributed by atoms with Gasteiger partial charge in [-0.15, -0.1) is 0 Å². The minimum atomic E-state index is -0.128. The van der Waals surface area contributed by atoms with E-state index in [2.05, 4.69) is 0 Å². The van der Waals surface area contributed by atoms with Gasteiger partial charge < -0.3 is 18.8 Å². The molecule has 4 rings (SSSR count). The molecule has 3 heterocycles. The number of benzene rings is 1. The molecule has 1 saturated heterocycles. The van der Waals surface area contributed by atoms with Gasteiger partial charge in [-0.1, -0.05) is 6.07 Å². The summed E-state index contributed by atoms with van der Waals surface area (Å²) in [5.74, 6) is 0.199. The van der Waals surface area contributed by atoms with Crippen molar-refractivity contribution in [2.45, 2.75) is 0 Å². The van der Waals surface area contributed by atoms with Gasteiger partial charge in [0.05, 0.1) is 6.26 Å². The predicted molar refractivity (Wildman–Crippen MR) is 96.3 cm³/mol. The zero-order valence-corrected chi connectivity index (χ0v) is 14.2. The largest absolute Gasteiger partial charge is 0.459 e. The number of aromatic nitrogens is 1. The zero-order chi connectivity index (χ0) is 17.9. The lowest BCUT2D eigenvalue weighted by atomic mass is 10.1. The average molecular weight is 349 g/mol. The van der Waals surface area contributed by atoms with E-state index in [1.54, 1.807) is 21.9 Å². The summed E-state index contributed by atoms with van der Waals surface area (Å²) < 4.78 is 7.14. The maximum absolute atomic E-state index is 12.8. The lowest BCUT2D eigenvalue weighted by Crippen LogP contribution is -2.50. The molecule has 0 N–H and O–H groups in total. The third-order valence-corrected chi connectivity index (χ3v) is 4.58. The van der Waals surface area contributed by atoms with Gasteiger partial charge in [-0.05, 0) is 42.5 Å². The van der Waals surface area contributed by atoms with Crippen LogP contribution < -0.4 is 0 Å². The maximum atomic E-state index is 12.8. The molecule has 26 heavy (non-hydrogen) atoms. The second kappa shape index (κ2) is 6.92. The van der Waals surface area contributed by atoms with Crippen LogP contribution in [0.4, 0.5) is 0 Å². The highest BCUT2D eigenvalue weighted by Crippen LogP contribution is 2.15. The van der Waals surface area contributed by atoms with Crippen molar-refractivity contribution in [2.24, 2.45) is 0 Å². The fourth-order valence-electron chi connectivity index (χ4n) is 3.16. The standard InChI is InChI=1S/C20H19N3O3/c24-19(16-5-3-6-17(15-16)21-8-1-2-9-21)22-10-12-23(13-11-22)20(25)18-7-4-14-26-18/h1-9,14-15H,10-13H2. The normalized spacial score (nSPS) is 14.5. The molecule has 2 amide bonds. The van der Waals surface area contributed by atoms with Crippen molar-refractivity contribution < 1.29 is 14.0 Å². The van der Waals surface area contributed by atoms with Gasteiger partial charge in [0.2, 0.25) is 0 Å². The summed E-state index contributed by atoms with van der Waals surface area (Å²) in [6.45, 7) is 2.03. The number of amides is 2. The number of carbonyl (C=O) groups is 2. The Morgan fingerprint density at radius 3 is 2.15 bits per heavy atom. The molecule has 1 aliphatic heterocycles. The second-order valence-electron chi connectivity index (χ2n) is 6.20. The molecule has 0 saturated carbocycles. The Hall–Kier alpha value is -3.28. The van der Waals surface area contributed by atoms with Gasteiger partial charge in [0, 0.05) is 49.8 Å². The van der Waals surface area contributed by atoms with Gasteiger partial charge in [0.1, 0.15) is 0 Å². The van der Waals surface area contributed by atoms with Crippen molar-refractivity contribution in [3.05, 3.63) is 78.5 Å². The molecule has 0 radical (unpaired) electrons. The van der Waals surface area contributed by atoms with Crippen LogP contribution in [0.1, 0.15) is 20.9 Å². The summed E-state index contributed by atoms with van der Waals surface area (Å²) in [5, 5.41) is 0. The quantitative estimate of drug-likeness (QED) is 0.730. The first-order valence-electron chi connectivity index (χ1n) is 8.58. The van der Waals surface area contributed by atoms with Gasteiger partial charge in [-0.25, -0.2) is 0 Å². The SMILES string of the molecule is O=C(c1cccc(-n2cccc2)c1)N1CCN(C(=O)c2ccco2)CC1. The molecular formula is C20H19N3O3. The van der Waals surface area contributed by atoms with Crippen LogP contribution in [0.5, 0.6) is 0 Å². The summed E-state index contributed by atoms with van der Waals surface area (Å²) in [4.78, 5) is 28.6. The van der Waals surface area contributed by atoms with Crippen LogP contribution in [0.15, 0.2) is 71.6 Å². The molecule has 1 fully saturated rings. The predicted octanol–water partition coefficient (Wildman–Crippen LogP) is 2.67. The van der Waals surface area contributed by atoms with E-state index in [0.717, 1.165) is 5.69 Å². The highest BCUT2D eigenvalue weighted by molar-refractivity contribution is 5.95. The highest BCUT2D eigenvalue weighted by atomic mass is 16.3. The summed E-state index contributed by atoms with van der Waals surface area (Å²) in [6.07, 6.45) is 5.38. The Balaban J connectivity index is 1.42. The van der Waals surface area contributed by atoms with Crippen molar-refractivity contribution in [3.8, 4) is 5.69 Å². The monoisotopic (exact) mass is 349 g/mol. The van der Waals surface area contributed by atoms with Crippen LogP contribution in [0.2, 0.25) is 0 Å². The first-order valence-corrected chi connectivity index (χ1v) is 8.58. The van der Waals surface area contributed by atoms with Crippen LogP contribution in [0.25, 0.3) is 5.69 Å². The third kappa shape index (κ3) is 3.13. The van der Waals surface area contributed by atoms with E-state index in [0.29, 0.717) is 37.5 Å². The van der Waals surface area contributed by atoms with Crippen molar-refractivity contribution in [2.75, 3.05) is 26.2 Å². The Morgan fingerprint density at radius 2 is 1.50 bits per heavy atom. The number of hydrogen-bond donors (Lipinski definition) is 0. The summed E-state index contributed by atoms with van der Waals surface area (Å²) in [7, 11) is 0. The molecule has 2 aromatic heterocycles. The average Bonchev–Trinajstić information content (AvgIpc) is 3.41. The first-order chi connectivity index (χ1) is 12.7. The molecule has 0 aliphatic carbocycles. The van der Waals surface area contributed by atoms with Crippen molar-refractivity contribution >= 4 is 11.8 Å². The Kier molecular flexibility index (Phi) is 4.31. The first kappa shape index (κ1) is 16.2. The third-order valence-electron chi connectivity index (χ3n) is 4.58. The molecular weight excluding hydrogens is 330 g/mol. The van der Waals surface area contributed by atoms with Gasteiger partial charge in [-0.2, -0.15) is 0 Å². The minimum absolute atomic E-state index is 0.0101. The molecule has 0 bridgehead atoms. The lowest BCUT2D eigenvalue weighted by molar-refractivity contribution is 0.0518. The van der Waals surface area contributed by atoms with E-state index in [4.69, 9.17) is 4.42 Å². The van der Waals surface area contributed by atoms with E-state index in [1.165, 1.54) is 6.26 Å². The van der Waals surface area contributed by atoms with Crippen molar-refractivity contribution in [3.63, 3.8) is 0 Å². The van der Waals surface area contributed by atoms with Crippen LogP contribution in [0, 0.1) is 0 Å². The molecule has 132 valence electrons. The lowest BCUT2D eigenvalue weighted by Gasteiger charge is -2.34. The number of hydrogen-bond acceptors (Lipinski definition) is 3. The fourth-order valence-corrected chi connectivity index (χ4v) is 3.16. The number of carbonyl (C=O) groups excluding carboxylic acids is 2. The molecule has 6 nitrogen and oxygen atoms in total. The smallest absolute Gasteiger partial charge is 0.289 e. The van der Waals surface area contributed by atoms with E-state index >= 15 is 0 Å². The molecule has 3 aromatic rings. The number of piperazine rings is 1. The minimum Gasteiger partial charge on any atom is -0.459 e. The van der Waals surface area contributed by atoms with E-state index in [-0.39, 0.29) is 11.8 Å². The molecule has 0 atom stereocenters. The Morgan fingerprint density at radius 1 is 0.808 bits per heavy atom. The maximum Gasteiger partial charge on any atom is 0.289 e. The van der Waals surface area contributed by atoms with Gasteiger partial charge >= 0.3 is 0 Å². The number of rotatable bonds is 3. The molecule has 0 spiro atoms. The van der Waals surface area contributed by atoms with Gasteiger partial charge in [-0.3, -0.25) is 9.59 Å². The number of nitrogens with zero attached hydrogens (tertiary/aromatic N) is 3. The summed E-state index contributed by atoms with van der Waals surface area (Å²) in [5.41, 5.74) is 1.61. The molecule has 6 heteroatoms. The highest BCUT2D eigenvalue weighted by Gasteiger charge is 2.26. The topological polar surface area (TPSA) is 58.7 Å². The van der Waals surface area contributed by atoms with Crippen molar-refractivity contribution in [1.29, 1.82) is 0 Å². The van der Waals surface area contributed by atoms with E-state index in [9.17, 15) is 9.59 Å². The second-order valence-corrected chi connectivity index (χ2v) is 6.20. The van der Waals surface area contributed by atoms with Gasteiger partial charge in [0.25, 0.3) is 11.8 Å². The molecule has 1 aliphatic rings. The summed E-state index contributed by atoms with van der Waals surface area (Å²) >= 11 is 0. The Labute approximate surface area is 151 Å². The fraction of sp³-hybridized carbons (Fsp3) is 0.200.